The first-order valence-corrected chi connectivity index (χ1v) is 9.94. The van der Waals surface area contributed by atoms with Crippen LogP contribution >= 0.6 is 24.0 Å². The molecular weight excluding hydrogens is 505 g/mol. The van der Waals surface area contributed by atoms with Crippen molar-refractivity contribution < 1.29 is 9.47 Å². The summed E-state index contributed by atoms with van der Waals surface area (Å²) in [4.78, 5) is 4.32. The van der Waals surface area contributed by atoms with Crippen LogP contribution in [0, 0.1) is 6.92 Å². The molecule has 0 spiro atoms. The number of ether oxygens (including phenoxy) is 2. The van der Waals surface area contributed by atoms with E-state index in [0.29, 0.717) is 26.3 Å². The summed E-state index contributed by atoms with van der Waals surface area (Å²) in [5.41, 5.74) is 4.43. The van der Waals surface area contributed by atoms with Gasteiger partial charge in [-0.1, -0.05) is 24.3 Å². The van der Waals surface area contributed by atoms with Crippen molar-refractivity contribution in [3.8, 4) is 11.4 Å². The molecule has 3 rings (SSSR count). The van der Waals surface area contributed by atoms with Gasteiger partial charge in [-0.25, -0.2) is 4.68 Å². The third kappa shape index (κ3) is 7.55. The molecule has 0 saturated carbocycles. The van der Waals surface area contributed by atoms with Gasteiger partial charge in [0.2, 0.25) is 0 Å². The topological polar surface area (TPSA) is 72.7 Å². The molecule has 0 atom stereocenters. The number of methoxy groups -OCH3 is 1. The molecule has 2 N–H and O–H groups in total. The Hall–Kier alpha value is -2.59. The fourth-order valence-corrected chi connectivity index (χ4v) is 2.95. The Kier molecular flexibility index (Phi) is 10.3. The third-order valence-corrected chi connectivity index (χ3v) is 4.60. The third-order valence-electron chi connectivity index (χ3n) is 4.60. The van der Waals surface area contributed by atoms with Gasteiger partial charge in [0.05, 0.1) is 12.3 Å². The van der Waals surface area contributed by atoms with Crippen LogP contribution in [0.25, 0.3) is 5.69 Å². The minimum absolute atomic E-state index is 0. The summed E-state index contributed by atoms with van der Waals surface area (Å²) in [7, 11) is 3.43. The Morgan fingerprint density at radius 3 is 2.52 bits per heavy atom. The average molecular weight is 535 g/mol. The molecule has 1 heterocycles. The number of guanidine groups is 1. The fraction of sp³-hybridized carbons (Fsp3) is 0.304. The Morgan fingerprint density at radius 2 is 1.84 bits per heavy atom. The van der Waals surface area contributed by atoms with Crippen molar-refractivity contribution >= 4 is 29.9 Å². The molecule has 0 unspecified atom stereocenters. The van der Waals surface area contributed by atoms with E-state index < -0.39 is 0 Å². The number of hydrogen-bond acceptors (Lipinski definition) is 4. The molecule has 0 bridgehead atoms. The molecule has 2 aromatic carbocycles. The first kappa shape index (κ1) is 24.7. The largest absolute Gasteiger partial charge is 0.491 e. The van der Waals surface area contributed by atoms with Crippen LogP contribution in [0.2, 0.25) is 0 Å². The lowest BCUT2D eigenvalue weighted by Gasteiger charge is -2.15. The van der Waals surface area contributed by atoms with Gasteiger partial charge in [0.15, 0.2) is 5.96 Å². The standard InChI is InChI=1S/C23H29N5O2.HI/c1-18-5-8-20(22(15-18)30-14-13-29-3)17-26-23(24-2)25-16-19-6-9-21(10-7-19)28-12-4-11-27-28;/h4-12,15H,13-14,16-17H2,1-3H3,(H2,24,25,26);1H. The first-order valence-electron chi connectivity index (χ1n) is 9.94. The molecule has 0 aliphatic heterocycles. The minimum atomic E-state index is 0. The van der Waals surface area contributed by atoms with E-state index in [-0.39, 0.29) is 24.0 Å². The number of aliphatic imine (C=N–C) groups is 1. The highest BCUT2D eigenvalue weighted by atomic mass is 127. The normalized spacial score (nSPS) is 11.0. The summed E-state index contributed by atoms with van der Waals surface area (Å²) in [5, 5.41) is 10.9. The van der Waals surface area contributed by atoms with Gasteiger partial charge in [0.1, 0.15) is 12.4 Å². The predicted octanol–water partition coefficient (Wildman–Crippen LogP) is 3.69. The molecule has 31 heavy (non-hydrogen) atoms. The Morgan fingerprint density at radius 1 is 1.06 bits per heavy atom. The van der Waals surface area contributed by atoms with E-state index in [9.17, 15) is 0 Å². The van der Waals surface area contributed by atoms with E-state index >= 15 is 0 Å². The van der Waals surface area contributed by atoms with Crippen LogP contribution in [0.1, 0.15) is 16.7 Å². The first-order chi connectivity index (χ1) is 14.7. The van der Waals surface area contributed by atoms with E-state index in [1.54, 1.807) is 20.4 Å². The lowest BCUT2D eigenvalue weighted by molar-refractivity contribution is 0.145. The Labute approximate surface area is 200 Å². The fourth-order valence-electron chi connectivity index (χ4n) is 2.95. The van der Waals surface area contributed by atoms with Gasteiger partial charge in [-0.2, -0.15) is 5.10 Å². The molecule has 3 aromatic rings. The maximum Gasteiger partial charge on any atom is 0.191 e. The minimum Gasteiger partial charge on any atom is -0.491 e. The SMILES string of the molecule is CN=C(NCc1ccc(-n2cccn2)cc1)NCc1ccc(C)cc1OCCOC.I. The van der Waals surface area contributed by atoms with Crippen LogP contribution < -0.4 is 15.4 Å². The average Bonchev–Trinajstić information content (AvgIpc) is 3.30. The van der Waals surface area contributed by atoms with Crippen molar-refractivity contribution in [1.29, 1.82) is 0 Å². The summed E-state index contributed by atoms with van der Waals surface area (Å²) in [6.07, 6.45) is 3.70. The van der Waals surface area contributed by atoms with Gasteiger partial charge in [-0.15, -0.1) is 24.0 Å². The summed E-state index contributed by atoms with van der Waals surface area (Å²) in [6.45, 7) is 4.42. The zero-order chi connectivity index (χ0) is 21.2. The van der Waals surface area contributed by atoms with E-state index in [1.807, 2.05) is 23.0 Å². The lowest BCUT2D eigenvalue weighted by atomic mass is 10.1. The molecule has 0 aliphatic rings. The summed E-state index contributed by atoms with van der Waals surface area (Å²) in [5.74, 6) is 1.60. The zero-order valence-electron chi connectivity index (χ0n) is 18.2. The number of nitrogens with zero attached hydrogens (tertiary/aromatic N) is 3. The van der Waals surface area contributed by atoms with Crippen molar-refractivity contribution in [2.45, 2.75) is 20.0 Å². The van der Waals surface area contributed by atoms with Gasteiger partial charge in [0.25, 0.3) is 0 Å². The number of halogens is 1. The van der Waals surface area contributed by atoms with Gasteiger partial charge >= 0.3 is 0 Å². The predicted molar refractivity (Wildman–Crippen MR) is 135 cm³/mol. The second kappa shape index (κ2) is 13.0. The van der Waals surface area contributed by atoms with Gasteiger partial charge < -0.3 is 20.1 Å². The van der Waals surface area contributed by atoms with Crippen LogP contribution in [0.15, 0.2) is 65.9 Å². The summed E-state index contributed by atoms with van der Waals surface area (Å²) >= 11 is 0. The molecule has 0 radical (unpaired) electrons. The van der Waals surface area contributed by atoms with Gasteiger partial charge in [-0.3, -0.25) is 4.99 Å². The summed E-state index contributed by atoms with van der Waals surface area (Å²) in [6, 6.07) is 16.4. The van der Waals surface area contributed by atoms with Crippen LogP contribution in [0.4, 0.5) is 0 Å². The van der Waals surface area contributed by atoms with Crippen molar-refractivity contribution in [3.05, 3.63) is 77.6 Å². The van der Waals surface area contributed by atoms with Crippen molar-refractivity contribution in [3.63, 3.8) is 0 Å². The number of hydrogen-bond donors (Lipinski definition) is 2. The number of aryl methyl sites for hydroxylation is 1. The lowest BCUT2D eigenvalue weighted by Crippen LogP contribution is -2.36. The van der Waals surface area contributed by atoms with Crippen molar-refractivity contribution in [2.75, 3.05) is 27.4 Å². The van der Waals surface area contributed by atoms with E-state index in [0.717, 1.165) is 34.1 Å². The van der Waals surface area contributed by atoms with Crippen LogP contribution in [0.3, 0.4) is 0 Å². The van der Waals surface area contributed by atoms with Crippen LogP contribution in [-0.2, 0) is 17.8 Å². The number of nitrogens with one attached hydrogen (secondary N) is 2. The Balaban J connectivity index is 0.00000341. The second-order valence-corrected chi connectivity index (χ2v) is 6.85. The molecule has 7 nitrogen and oxygen atoms in total. The van der Waals surface area contributed by atoms with Crippen molar-refractivity contribution in [2.24, 2.45) is 4.99 Å². The van der Waals surface area contributed by atoms with Crippen LogP contribution in [-0.4, -0.2) is 43.1 Å². The van der Waals surface area contributed by atoms with E-state index in [4.69, 9.17) is 9.47 Å². The van der Waals surface area contributed by atoms with Crippen molar-refractivity contribution in [1.82, 2.24) is 20.4 Å². The van der Waals surface area contributed by atoms with Crippen LogP contribution in [0.5, 0.6) is 5.75 Å². The molecule has 8 heteroatoms. The quantitative estimate of drug-likeness (QED) is 0.189. The molecule has 0 fully saturated rings. The maximum absolute atomic E-state index is 5.86. The monoisotopic (exact) mass is 535 g/mol. The van der Waals surface area contributed by atoms with Gasteiger partial charge in [-0.05, 0) is 42.3 Å². The molecule has 166 valence electrons. The molecule has 0 aliphatic carbocycles. The number of rotatable bonds is 9. The van der Waals surface area contributed by atoms with Gasteiger partial charge in [0, 0.05) is 45.2 Å². The smallest absolute Gasteiger partial charge is 0.191 e. The molecule has 1 aromatic heterocycles. The second-order valence-electron chi connectivity index (χ2n) is 6.85. The van der Waals surface area contributed by atoms with E-state index in [1.165, 1.54) is 0 Å². The maximum atomic E-state index is 5.86. The van der Waals surface area contributed by atoms with E-state index in [2.05, 4.69) is 64.0 Å². The highest BCUT2D eigenvalue weighted by molar-refractivity contribution is 14.0. The highest BCUT2D eigenvalue weighted by Gasteiger charge is 2.06. The summed E-state index contributed by atoms with van der Waals surface area (Å²) < 4.78 is 12.8. The molecular formula is C23H30IN5O2. The number of aromatic nitrogens is 2. The Bertz CT molecular complexity index is 943. The molecule has 0 amide bonds. The highest BCUT2D eigenvalue weighted by Crippen LogP contribution is 2.20. The zero-order valence-corrected chi connectivity index (χ0v) is 20.5. The number of benzene rings is 2. The molecule has 0 saturated heterocycles.